The van der Waals surface area contributed by atoms with Gasteiger partial charge in [0.1, 0.15) is 51.2 Å². The van der Waals surface area contributed by atoms with E-state index in [1.807, 2.05) is 85.0 Å². The SMILES string of the molecule is CCCCS[C@@]1(c2ccc(-c3ccccc3)cc2)C[C@H]2C(=O)N[C@]3(C(=O)NS(=O)(=O)C4CC4)C[C@H]3/C=C\CCCCC[C@H](NC(=O)OC(C)(C)C)C(=O)N2C1.CCCS(=O)(=O)[C@@]1(c2ccc(-c3ccccc3)cc2)C[C@H]2C(=O)N[C@]3(C(=O)NS(=O)(=O)C4CC4)C[C@H]3/C=C\CCCCC[C@H](NC(=O)OC(C)(C)C)C(=O)N2C1. The lowest BCUT2D eigenvalue weighted by atomic mass is 9.93. The standard InChI is InChI=1S/C42H56N4O7S2.C41H54N4O9S2/c1-5-6-25-54-41(31-21-19-30(20-22-31)29-15-11-10-12-16-29)27-35-36(47)44-42(38(49)45-55(51,52)33-23-24-33)26-32(42)17-13-8-7-9-14-18-34(37(48)46(35)28-41)43-39(50)53-40(2,3)4;1-5-24-55(50,51)40(30-20-18-29(19-21-30)28-14-10-9-11-15-28)26-34-35(46)43-41(37(48)44-56(52,53)32-22-23-32)25-31(41)16-12-7-6-8-13-17-33(36(47)45(34)27-40)42-38(49)54-39(2,3)4/h10-13,15-17,19-22,32-35H,5-9,14,18,23-28H2,1-4H3,(H,43,50)(H,44,47)(H,45,49);9-12,14-16,18-21,31-34H,5-8,13,17,22-27H2,1-4H3,(H,42,49)(H,43,46)(H,44,48)/b17-13-;16-12-/t32-,34+,35+,41+,42-;31-,33+,34+,40+,41-/m11/s1. The molecule has 0 bridgehead atoms. The van der Waals surface area contributed by atoms with Crippen LogP contribution in [0.3, 0.4) is 0 Å². The summed E-state index contributed by atoms with van der Waals surface area (Å²) in [5, 5.41) is 10.1. The number of nitrogens with one attached hydrogen (secondary N) is 6. The number of hydrogen-bond donors (Lipinski definition) is 6. The zero-order valence-corrected chi connectivity index (χ0v) is 68.3. The third-order valence-electron chi connectivity index (χ3n) is 22.2. The average molecular weight is 1600 g/mol. The average Bonchev–Trinajstić information content (AvgIpc) is 1.56. The van der Waals surface area contributed by atoms with Crippen LogP contribution in [0.15, 0.2) is 133 Å². The maximum Gasteiger partial charge on any atom is 0.408 e. The molecule has 0 spiro atoms. The third kappa shape index (κ3) is 20.1. The number of sulfone groups is 1. The summed E-state index contributed by atoms with van der Waals surface area (Å²) < 4.78 is 94.1. The number of benzene rings is 4. The molecule has 4 aliphatic carbocycles. The molecule has 6 fully saturated rings. The number of carbonyl (C=O) groups excluding carboxylic acids is 8. The summed E-state index contributed by atoms with van der Waals surface area (Å²) in [6, 6.07) is 30.5. The van der Waals surface area contributed by atoms with Gasteiger partial charge in [0.2, 0.25) is 43.7 Å². The van der Waals surface area contributed by atoms with Crippen LogP contribution >= 0.6 is 11.8 Å². The van der Waals surface area contributed by atoms with Gasteiger partial charge in [-0.05, 0) is 177 Å². The van der Waals surface area contributed by atoms with Gasteiger partial charge in [-0.25, -0.2) is 34.8 Å². The zero-order chi connectivity index (χ0) is 80.0. The Hall–Kier alpha value is -8.08. The monoisotopic (exact) mass is 1600 g/mol. The normalized spacial score (nSPS) is 28.1. The van der Waals surface area contributed by atoms with Gasteiger partial charge in [0.25, 0.3) is 11.8 Å². The van der Waals surface area contributed by atoms with Gasteiger partial charge < -0.3 is 40.5 Å². The van der Waals surface area contributed by atoms with Crippen molar-refractivity contribution in [1.82, 2.24) is 40.5 Å². The number of carbonyl (C=O) groups is 8. The van der Waals surface area contributed by atoms with Crippen molar-refractivity contribution in [3.8, 4) is 22.3 Å². The molecule has 4 saturated carbocycles. The number of fused-ring (bicyclic) bond motifs is 4. The Kier molecular flexibility index (Phi) is 25.9. The summed E-state index contributed by atoms with van der Waals surface area (Å²) in [6.45, 7) is 14.1. The van der Waals surface area contributed by atoms with Crippen LogP contribution in [-0.4, -0.2) is 164 Å². The fourth-order valence-corrected chi connectivity index (χ4v) is 22.1. The van der Waals surface area contributed by atoms with Gasteiger partial charge >= 0.3 is 12.2 Å². The molecule has 8 aliphatic rings. The summed E-state index contributed by atoms with van der Waals surface area (Å²) in [5.74, 6) is -4.28. The minimum atomic E-state index is -4.06. The van der Waals surface area contributed by atoms with E-state index in [-0.39, 0.29) is 63.3 Å². The van der Waals surface area contributed by atoms with E-state index < -0.39 is 150 Å². The van der Waals surface area contributed by atoms with E-state index in [0.717, 1.165) is 72.1 Å². The molecule has 10 atom stereocenters. The molecular formula is C83H110N8O16S4. The predicted octanol–water partition coefficient (Wildman–Crippen LogP) is 11.5. The molecule has 4 aliphatic heterocycles. The minimum Gasteiger partial charge on any atom is -0.444 e. The number of rotatable bonds is 19. The lowest BCUT2D eigenvalue weighted by Gasteiger charge is -2.32. The fourth-order valence-electron chi connectivity index (χ4n) is 15.6. The van der Waals surface area contributed by atoms with Crippen LogP contribution in [0.1, 0.15) is 201 Å². The second-order valence-corrected chi connectivity index (χ2v) is 41.0. The molecule has 4 aromatic carbocycles. The van der Waals surface area contributed by atoms with Crippen LogP contribution in [0.25, 0.3) is 22.3 Å². The number of sulfonamides is 2. The van der Waals surface area contributed by atoms with Crippen molar-refractivity contribution < 1.29 is 73.1 Å². The first kappa shape index (κ1) is 83.8. The van der Waals surface area contributed by atoms with Crippen molar-refractivity contribution >= 4 is 89.3 Å². The predicted molar refractivity (Wildman–Crippen MR) is 428 cm³/mol. The number of ether oxygens (including phenoxy) is 2. The van der Waals surface area contributed by atoms with Crippen LogP contribution in [-0.2, 0) is 77.6 Å². The molecule has 28 heteroatoms. The summed E-state index contributed by atoms with van der Waals surface area (Å²) in [4.78, 5) is 116. The largest absolute Gasteiger partial charge is 0.444 e. The number of amides is 8. The molecule has 0 aromatic heterocycles. The lowest BCUT2D eigenvalue weighted by Crippen LogP contribution is -2.58. The Labute approximate surface area is 658 Å². The molecule has 4 aromatic rings. The number of allylic oxidation sites excluding steroid dienone is 2. The Balaban J connectivity index is 0.000000220. The van der Waals surface area contributed by atoms with Crippen molar-refractivity contribution in [3.05, 3.63) is 145 Å². The van der Waals surface area contributed by atoms with Crippen molar-refractivity contribution in [2.45, 2.75) is 257 Å². The third-order valence-corrected chi connectivity index (χ3v) is 30.1. The van der Waals surface area contributed by atoms with Crippen LogP contribution in [0, 0.1) is 11.8 Å². The van der Waals surface area contributed by atoms with E-state index in [1.54, 1.807) is 77.3 Å². The molecule has 6 N–H and O–H groups in total. The first-order valence-corrected chi connectivity index (χ1v) is 45.2. The van der Waals surface area contributed by atoms with E-state index in [4.69, 9.17) is 9.47 Å². The first-order chi connectivity index (χ1) is 52.6. The molecule has 0 unspecified atom stereocenters. The van der Waals surface area contributed by atoms with E-state index in [2.05, 4.69) is 74.0 Å². The molecule has 4 heterocycles. The van der Waals surface area contributed by atoms with Gasteiger partial charge in [0.15, 0.2) is 9.84 Å². The van der Waals surface area contributed by atoms with Crippen LogP contribution in [0.2, 0.25) is 0 Å². The number of hydrogen-bond acceptors (Lipinski definition) is 17. The molecule has 111 heavy (non-hydrogen) atoms. The number of alkyl carbamates (subject to hydrolysis) is 2. The first-order valence-electron chi connectivity index (χ1n) is 39.5. The van der Waals surface area contributed by atoms with Gasteiger partial charge in [0, 0.05) is 31.3 Å². The summed E-state index contributed by atoms with van der Waals surface area (Å²) >= 11 is 1.72. The van der Waals surface area contributed by atoms with Gasteiger partial charge in [-0.1, -0.05) is 179 Å². The van der Waals surface area contributed by atoms with Crippen molar-refractivity contribution in [2.24, 2.45) is 11.8 Å². The molecule has 0 radical (unpaired) electrons. The molecule has 8 amide bonds. The Morgan fingerprint density at radius 2 is 0.919 bits per heavy atom. The van der Waals surface area contributed by atoms with Crippen molar-refractivity contribution in [3.63, 3.8) is 0 Å². The zero-order valence-electron chi connectivity index (χ0n) is 65.1. The Morgan fingerprint density at radius 1 is 0.505 bits per heavy atom. The number of nitrogens with zero attached hydrogens (tertiary/aromatic N) is 2. The molecular weight excluding hydrogens is 1490 g/mol. The second-order valence-electron chi connectivity index (χ2n) is 33.2. The smallest absolute Gasteiger partial charge is 0.408 e. The maximum atomic E-state index is 14.9. The Bertz CT molecular complexity index is 4490. The van der Waals surface area contributed by atoms with Crippen molar-refractivity contribution in [2.75, 3.05) is 24.6 Å². The van der Waals surface area contributed by atoms with Gasteiger partial charge in [0.05, 0.1) is 21.0 Å². The van der Waals surface area contributed by atoms with E-state index in [0.29, 0.717) is 63.4 Å². The summed E-state index contributed by atoms with van der Waals surface area (Å²) in [6.07, 6.45) is 16.7. The maximum absolute atomic E-state index is 14.9. The minimum absolute atomic E-state index is 0.130. The molecule has 24 nitrogen and oxygen atoms in total. The quantitative estimate of drug-likeness (QED) is 0.0375. The lowest BCUT2D eigenvalue weighted by molar-refractivity contribution is -0.141. The Morgan fingerprint density at radius 3 is 1.33 bits per heavy atom. The fraction of sp³-hybridized carbons (Fsp3) is 0.566. The van der Waals surface area contributed by atoms with Crippen LogP contribution in [0.4, 0.5) is 9.59 Å². The van der Waals surface area contributed by atoms with Crippen molar-refractivity contribution in [1.29, 1.82) is 0 Å². The highest BCUT2D eigenvalue weighted by molar-refractivity contribution is 8.00. The van der Waals surface area contributed by atoms with Crippen LogP contribution in [0.5, 0.6) is 0 Å². The van der Waals surface area contributed by atoms with Gasteiger partial charge in [-0.2, -0.15) is 0 Å². The highest BCUT2D eigenvalue weighted by Gasteiger charge is 2.65. The highest BCUT2D eigenvalue weighted by atomic mass is 32.2. The van der Waals surface area contributed by atoms with E-state index in [1.165, 1.54) is 4.90 Å². The summed E-state index contributed by atoms with van der Waals surface area (Å²) in [5.41, 5.74) is 0.539. The topological polar surface area (TPSA) is 336 Å². The molecule has 602 valence electrons. The highest BCUT2D eigenvalue weighted by Crippen LogP contribution is 2.52. The molecule has 2 saturated heterocycles. The van der Waals surface area contributed by atoms with Crippen LogP contribution < -0.4 is 30.7 Å². The number of thioether (sulfide) groups is 1. The van der Waals surface area contributed by atoms with Gasteiger partial charge in [-0.3, -0.25) is 38.2 Å². The number of unbranched alkanes of at least 4 members (excludes halogenated alkanes) is 1. The van der Waals surface area contributed by atoms with E-state index >= 15 is 0 Å². The second kappa shape index (κ2) is 34.3. The summed E-state index contributed by atoms with van der Waals surface area (Å²) in [7, 11) is -11.9. The van der Waals surface area contributed by atoms with Gasteiger partial charge in [-0.15, -0.1) is 11.8 Å². The van der Waals surface area contributed by atoms with E-state index in [9.17, 15) is 63.6 Å². The molecule has 12 rings (SSSR count).